The number of rotatable bonds is 4. The Morgan fingerprint density at radius 2 is 2.05 bits per heavy atom. The summed E-state index contributed by atoms with van der Waals surface area (Å²) in [7, 11) is 0. The lowest BCUT2D eigenvalue weighted by Gasteiger charge is -2.31. The van der Waals surface area contributed by atoms with Crippen LogP contribution < -0.4 is 0 Å². The maximum absolute atomic E-state index is 13.1. The first-order valence-electron chi connectivity index (χ1n) is 6.38. The third-order valence-electron chi connectivity index (χ3n) is 3.34. The largest absolute Gasteiger partial charge is 0.364 e. The molecule has 1 aromatic heterocycles. The SMILES string of the molecule is Cc1ccn(C(C)C(=O)N2N=C(C(F)F)CC2(O)C(F)F)n1. The number of hydrogen-bond donors (Lipinski definition) is 1. The molecule has 1 aliphatic heterocycles. The van der Waals surface area contributed by atoms with Crippen molar-refractivity contribution in [1.82, 2.24) is 14.8 Å². The van der Waals surface area contributed by atoms with Crippen LogP contribution in [0.1, 0.15) is 25.1 Å². The van der Waals surface area contributed by atoms with E-state index < -0.39 is 42.7 Å². The van der Waals surface area contributed by atoms with Crippen molar-refractivity contribution < 1.29 is 27.5 Å². The number of hydrazone groups is 1. The number of alkyl halides is 4. The molecule has 1 aromatic rings. The summed E-state index contributed by atoms with van der Waals surface area (Å²) in [6.07, 6.45) is -6.24. The predicted molar refractivity (Wildman–Crippen MR) is 67.5 cm³/mol. The Morgan fingerprint density at radius 1 is 1.41 bits per heavy atom. The number of aryl methyl sites for hydroxylation is 1. The first-order chi connectivity index (χ1) is 10.2. The van der Waals surface area contributed by atoms with Gasteiger partial charge in [0.25, 0.3) is 18.8 Å². The van der Waals surface area contributed by atoms with Gasteiger partial charge in [-0.05, 0) is 19.9 Å². The van der Waals surface area contributed by atoms with Gasteiger partial charge in [0, 0.05) is 12.6 Å². The normalized spacial score (nSPS) is 23.3. The molecule has 122 valence electrons. The van der Waals surface area contributed by atoms with Crippen molar-refractivity contribution in [2.24, 2.45) is 5.10 Å². The van der Waals surface area contributed by atoms with Crippen LogP contribution in [0.15, 0.2) is 17.4 Å². The van der Waals surface area contributed by atoms with Gasteiger partial charge < -0.3 is 5.11 Å². The summed E-state index contributed by atoms with van der Waals surface area (Å²) in [5.74, 6) is -1.05. The van der Waals surface area contributed by atoms with E-state index in [1.807, 2.05) is 0 Å². The molecule has 0 saturated heterocycles. The van der Waals surface area contributed by atoms with Crippen molar-refractivity contribution in [3.8, 4) is 0 Å². The second kappa shape index (κ2) is 5.67. The fraction of sp³-hybridized carbons (Fsp3) is 0.583. The lowest BCUT2D eigenvalue weighted by molar-refractivity contribution is -0.194. The van der Waals surface area contributed by atoms with Gasteiger partial charge in [-0.3, -0.25) is 9.48 Å². The van der Waals surface area contributed by atoms with Gasteiger partial charge in [-0.2, -0.15) is 15.2 Å². The number of nitrogens with zero attached hydrogens (tertiary/aromatic N) is 4. The van der Waals surface area contributed by atoms with Crippen molar-refractivity contribution in [3.63, 3.8) is 0 Å². The molecule has 0 spiro atoms. The van der Waals surface area contributed by atoms with Gasteiger partial charge in [0.1, 0.15) is 11.8 Å². The summed E-state index contributed by atoms with van der Waals surface area (Å²) in [6.45, 7) is 3.00. The zero-order chi connectivity index (χ0) is 16.7. The average Bonchev–Trinajstić information content (AvgIpc) is 3.02. The summed E-state index contributed by atoms with van der Waals surface area (Å²) < 4.78 is 52.6. The Bertz CT molecular complexity index is 604. The molecule has 0 aromatic carbocycles. The van der Waals surface area contributed by atoms with E-state index in [2.05, 4.69) is 10.2 Å². The van der Waals surface area contributed by atoms with E-state index in [4.69, 9.17) is 0 Å². The van der Waals surface area contributed by atoms with Crippen LogP contribution in [0.25, 0.3) is 0 Å². The highest BCUT2D eigenvalue weighted by atomic mass is 19.3. The number of amides is 1. The van der Waals surface area contributed by atoms with Gasteiger partial charge in [-0.25, -0.2) is 17.6 Å². The number of carbonyl (C=O) groups excluding carboxylic acids is 1. The number of halogens is 4. The van der Waals surface area contributed by atoms with Gasteiger partial charge in [0.15, 0.2) is 0 Å². The molecule has 0 fully saturated rings. The van der Waals surface area contributed by atoms with Crippen LogP contribution in [-0.4, -0.2) is 50.1 Å². The molecule has 1 N–H and O–H groups in total. The maximum Gasteiger partial charge on any atom is 0.287 e. The Hall–Kier alpha value is -1.97. The quantitative estimate of drug-likeness (QED) is 0.855. The number of aliphatic hydroxyl groups is 1. The van der Waals surface area contributed by atoms with Gasteiger partial charge in [0.05, 0.1) is 5.69 Å². The minimum atomic E-state index is -3.44. The van der Waals surface area contributed by atoms with Crippen molar-refractivity contribution in [1.29, 1.82) is 0 Å². The maximum atomic E-state index is 13.1. The van der Waals surface area contributed by atoms with Crippen LogP contribution >= 0.6 is 0 Å². The summed E-state index contributed by atoms with van der Waals surface area (Å²) in [6, 6.07) is 0.501. The molecule has 10 heteroatoms. The number of hydrogen-bond acceptors (Lipinski definition) is 4. The molecule has 2 rings (SSSR count). The number of aromatic nitrogens is 2. The molecular formula is C12H14F4N4O2. The van der Waals surface area contributed by atoms with E-state index in [9.17, 15) is 27.5 Å². The molecule has 2 heterocycles. The molecule has 0 aliphatic carbocycles. The lowest BCUT2D eigenvalue weighted by Crippen LogP contribution is -2.53. The van der Waals surface area contributed by atoms with Gasteiger partial charge in [0.2, 0.25) is 5.72 Å². The Kier molecular flexibility index (Phi) is 4.23. The van der Waals surface area contributed by atoms with E-state index in [1.54, 1.807) is 13.0 Å². The van der Waals surface area contributed by atoms with Crippen LogP contribution in [-0.2, 0) is 4.79 Å². The summed E-state index contributed by atoms with van der Waals surface area (Å²) >= 11 is 0. The fourth-order valence-electron chi connectivity index (χ4n) is 2.06. The molecule has 0 saturated carbocycles. The highest BCUT2D eigenvalue weighted by Crippen LogP contribution is 2.34. The smallest absolute Gasteiger partial charge is 0.287 e. The first-order valence-corrected chi connectivity index (χ1v) is 6.38. The molecule has 1 amide bonds. The Balaban J connectivity index is 2.32. The Labute approximate surface area is 123 Å². The van der Waals surface area contributed by atoms with Gasteiger partial charge >= 0.3 is 0 Å². The minimum Gasteiger partial charge on any atom is -0.364 e. The summed E-state index contributed by atoms with van der Waals surface area (Å²) in [5.41, 5.74) is -3.44. The number of carbonyl (C=O) groups is 1. The van der Waals surface area contributed by atoms with E-state index in [1.165, 1.54) is 17.8 Å². The fourth-order valence-corrected chi connectivity index (χ4v) is 2.06. The standard InChI is InChI=1S/C12H14F4N4O2/c1-6-3-4-19(17-6)7(2)10(21)20-12(22,11(15)16)5-8(18-20)9(13)14/h3-4,7,9,11,22H,5H2,1-2H3. The van der Waals surface area contributed by atoms with E-state index in [-0.39, 0.29) is 5.01 Å². The molecule has 2 unspecified atom stereocenters. The molecule has 1 aliphatic rings. The third-order valence-corrected chi connectivity index (χ3v) is 3.34. The van der Waals surface area contributed by atoms with Crippen LogP contribution in [0.3, 0.4) is 0 Å². The van der Waals surface area contributed by atoms with Crippen molar-refractivity contribution >= 4 is 11.6 Å². The molecule has 0 radical (unpaired) electrons. The lowest BCUT2D eigenvalue weighted by atomic mass is 10.1. The minimum absolute atomic E-state index is 0.0425. The zero-order valence-corrected chi connectivity index (χ0v) is 11.8. The van der Waals surface area contributed by atoms with Crippen LogP contribution in [0.5, 0.6) is 0 Å². The molecule has 22 heavy (non-hydrogen) atoms. The average molecular weight is 322 g/mol. The topological polar surface area (TPSA) is 70.7 Å². The van der Waals surface area contributed by atoms with E-state index in [0.29, 0.717) is 5.69 Å². The van der Waals surface area contributed by atoms with Crippen LogP contribution in [0.4, 0.5) is 17.6 Å². The molecular weight excluding hydrogens is 308 g/mol. The van der Waals surface area contributed by atoms with Crippen molar-refractivity contribution in [2.75, 3.05) is 0 Å². The zero-order valence-electron chi connectivity index (χ0n) is 11.8. The van der Waals surface area contributed by atoms with Crippen LogP contribution in [0.2, 0.25) is 0 Å². The second-order valence-corrected chi connectivity index (χ2v) is 5.01. The monoisotopic (exact) mass is 322 g/mol. The summed E-state index contributed by atoms with van der Waals surface area (Å²) in [4.78, 5) is 12.3. The highest BCUT2D eigenvalue weighted by molar-refractivity contribution is 5.93. The highest BCUT2D eigenvalue weighted by Gasteiger charge is 2.54. The van der Waals surface area contributed by atoms with Crippen LogP contribution in [0, 0.1) is 6.92 Å². The first kappa shape index (κ1) is 16.4. The molecule has 2 atom stereocenters. The Morgan fingerprint density at radius 3 is 2.50 bits per heavy atom. The third kappa shape index (κ3) is 2.70. The van der Waals surface area contributed by atoms with E-state index >= 15 is 0 Å². The summed E-state index contributed by atoms with van der Waals surface area (Å²) in [5, 5.41) is 17.1. The van der Waals surface area contributed by atoms with Crippen molar-refractivity contribution in [2.45, 2.75) is 44.9 Å². The molecule has 6 nitrogen and oxygen atoms in total. The predicted octanol–water partition coefficient (Wildman–Crippen LogP) is 1.56. The van der Waals surface area contributed by atoms with E-state index in [0.717, 1.165) is 0 Å². The second-order valence-electron chi connectivity index (χ2n) is 5.01. The van der Waals surface area contributed by atoms with Crippen molar-refractivity contribution in [3.05, 3.63) is 18.0 Å². The molecule has 0 bridgehead atoms. The van der Waals surface area contributed by atoms with Gasteiger partial charge in [-0.1, -0.05) is 0 Å². The van der Waals surface area contributed by atoms with Gasteiger partial charge in [-0.15, -0.1) is 0 Å².